The molecule has 14 heavy (non-hydrogen) atoms. The summed E-state index contributed by atoms with van der Waals surface area (Å²) in [4.78, 5) is 10.7. The van der Waals surface area contributed by atoms with Crippen molar-refractivity contribution in [1.82, 2.24) is 5.32 Å². The van der Waals surface area contributed by atoms with Crippen LogP contribution in [0.4, 0.5) is 5.69 Å². The first-order valence-electron chi connectivity index (χ1n) is 4.73. The highest BCUT2D eigenvalue weighted by atomic mass is 16.1. The standard InChI is InChI=1S/C11H16N2O/c1-9(14)13-11-5-3-10(4-6-11)7-8-12-2/h3-6,12H,7-8H2,1-2H3,(H,13,14). The second-order valence-corrected chi connectivity index (χ2v) is 3.23. The van der Waals surface area contributed by atoms with Gasteiger partial charge in [0.1, 0.15) is 0 Å². The SMILES string of the molecule is CNCCc1ccc(NC(C)=O)cc1. The minimum atomic E-state index is -0.0343. The monoisotopic (exact) mass is 192 g/mol. The van der Waals surface area contributed by atoms with Gasteiger partial charge in [0.15, 0.2) is 0 Å². The quantitative estimate of drug-likeness (QED) is 0.757. The number of hydrogen-bond acceptors (Lipinski definition) is 2. The van der Waals surface area contributed by atoms with Crippen LogP contribution in [0.3, 0.4) is 0 Å². The maximum atomic E-state index is 10.7. The molecule has 0 fully saturated rings. The Hall–Kier alpha value is -1.35. The van der Waals surface area contributed by atoms with Crippen molar-refractivity contribution in [3.63, 3.8) is 0 Å². The van der Waals surface area contributed by atoms with E-state index in [0.717, 1.165) is 18.7 Å². The Morgan fingerprint density at radius 1 is 1.29 bits per heavy atom. The molecule has 76 valence electrons. The second kappa shape index (κ2) is 5.40. The second-order valence-electron chi connectivity index (χ2n) is 3.23. The van der Waals surface area contributed by atoms with E-state index in [9.17, 15) is 4.79 Å². The molecule has 0 saturated carbocycles. The van der Waals surface area contributed by atoms with Gasteiger partial charge in [-0.3, -0.25) is 4.79 Å². The zero-order valence-electron chi connectivity index (χ0n) is 8.63. The molecule has 1 aromatic carbocycles. The summed E-state index contributed by atoms with van der Waals surface area (Å²) in [5.41, 5.74) is 2.12. The summed E-state index contributed by atoms with van der Waals surface area (Å²) < 4.78 is 0. The van der Waals surface area contributed by atoms with Gasteiger partial charge in [-0.15, -0.1) is 0 Å². The van der Waals surface area contributed by atoms with Crippen molar-refractivity contribution in [2.75, 3.05) is 18.9 Å². The molecule has 2 N–H and O–H groups in total. The highest BCUT2D eigenvalue weighted by Gasteiger charge is 1.95. The lowest BCUT2D eigenvalue weighted by Crippen LogP contribution is -2.10. The van der Waals surface area contributed by atoms with E-state index >= 15 is 0 Å². The van der Waals surface area contributed by atoms with Gasteiger partial charge in [0, 0.05) is 12.6 Å². The molecular weight excluding hydrogens is 176 g/mol. The third-order valence-corrected chi connectivity index (χ3v) is 1.94. The van der Waals surface area contributed by atoms with Crippen LogP contribution >= 0.6 is 0 Å². The number of carbonyl (C=O) groups excluding carboxylic acids is 1. The predicted molar refractivity (Wildman–Crippen MR) is 58.4 cm³/mol. The summed E-state index contributed by atoms with van der Waals surface area (Å²) in [7, 11) is 1.94. The Morgan fingerprint density at radius 2 is 1.93 bits per heavy atom. The van der Waals surface area contributed by atoms with Crippen LogP contribution in [0.2, 0.25) is 0 Å². The molecule has 0 aliphatic rings. The summed E-state index contributed by atoms with van der Waals surface area (Å²) in [5, 5.41) is 5.83. The third-order valence-electron chi connectivity index (χ3n) is 1.94. The van der Waals surface area contributed by atoms with E-state index in [2.05, 4.69) is 10.6 Å². The number of hydrogen-bond donors (Lipinski definition) is 2. The van der Waals surface area contributed by atoms with Crippen LogP contribution in [0.15, 0.2) is 24.3 Å². The van der Waals surface area contributed by atoms with Crippen molar-refractivity contribution in [3.8, 4) is 0 Å². The van der Waals surface area contributed by atoms with Crippen LogP contribution in [0.5, 0.6) is 0 Å². The lowest BCUT2D eigenvalue weighted by molar-refractivity contribution is -0.114. The Kier molecular flexibility index (Phi) is 4.13. The smallest absolute Gasteiger partial charge is 0.221 e. The van der Waals surface area contributed by atoms with Gasteiger partial charge in [-0.1, -0.05) is 12.1 Å². The summed E-state index contributed by atoms with van der Waals surface area (Å²) in [5.74, 6) is -0.0343. The number of amides is 1. The molecular formula is C11H16N2O. The van der Waals surface area contributed by atoms with Gasteiger partial charge >= 0.3 is 0 Å². The van der Waals surface area contributed by atoms with Crippen molar-refractivity contribution < 1.29 is 4.79 Å². The summed E-state index contributed by atoms with van der Waals surface area (Å²) in [6.45, 7) is 2.48. The summed E-state index contributed by atoms with van der Waals surface area (Å²) in [6, 6.07) is 7.91. The molecule has 1 rings (SSSR count). The lowest BCUT2D eigenvalue weighted by Gasteiger charge is -2.04. The van der Waals surface area contributed by atoms with Crippen molar-refractivity contribution in [3.05, 3.63) is 29.8 Å². The highest BCUT2D eigenvalue weighted by molar-refractivity contribution is 5.88. The molecule has 0 aliphatic heterocycles. The van der Waals surface area contributed by atoms with E-state index in [1.54, 1.807) is 0 Å². The lowest BCUT2D eigenvalue weighted by atomic mass is 10.1. The summed E-state index contributed by atoms with van der Waals surface area (Å²) >= 11 is 0. The van der Waals surface area contributed by atoms with Crippen LogP contribution in [-0.2, 0) is 11.2 Å². The van der Waals surface area contributed by atoms with Gasteiger partial charge in [-0.05, 0) is 37.7 Å². The van der Waals surface area contributed by atoms with E-state index in [0.29, 0.717) is 0 Å². The molecule has 3 heteroatoms. The number of likely N-dealkylation sites (N-methyl/N-ethyl adjacent to an activating group) is 1. The molecule has 3 nitrogen and oxygen atoms in total. The van der Waals surface area contributed by atoms with Gasteiger partial charge in [-0.2, -0.15) is 0 Å². The molecule has 0 unspecified atom stereocenters. The van der Waals surface area contributed by atoms with E-state index in [4.69, 9.17) is 0 Å². The Morgan fingerprint density at radius 3 is 2.43 bits per heavy atom. The van der Waals surface area contributed by atoms with Gasteiger partial charge in [0.25, 0.3) is 0 Å². The maximum Gasteiger partial charge on any atom is 0.221 e. The van der Waals surface area contributed by atoms with Crippen LogP contribution < -0.4 is 10.6 Å². The number of carbonyl (C=O) groups is 1. The van der Waals surface area contributed by atoms with E-state index in [1.165, 1.54) is 12.5 Å². The Bertz CT molecular complexity index is 293. The maximum absolute atomic E-state index is 10.7. The molecule has 1 amide bonds. The van der Waals surface area contributed by atoms with Gasteiger partial charge in [0.05, 0.1) is 0 Å². The van der Waals surface area contributed by atoms with E-state index < -0.39 is 0 Å². The van der Waals surface area contributed by atoms with Gasteiger partial charge < -0.3 is 10.6 Å². The van der Waals surface area contributed by atoms with Gasteiger partial charge in [-0.25, -0.2) is 0 Å². The first-order valence-corrected chi connectivity index (χ1v) is 4.73. The zero-order valence-corrected chi connectivity index (χ0v) is 8.63. The minimum Gasteiger partial charge on any atom is -0.326 e. The van der Waals surface area contributed by atoms with Crippen molar-refractivity contribution in [2.45, 2.75) is 13.3 Å². The van der Waals surface area contributed by atoms with Crippen LogP contribution in [0.1, 0.15) is 12.5 Å². The number of rotatable bonds is 4. The predicted octanol–water partition coefficient (Wildman–Crippen LogP) is 1.41. The van der Waals surface area contributed by atoms with Crippen molar-refractivity contribution in [1.29, 1.82) is 0 Å². The van der Waals surface area contributed by atoms with E-state index in [-0.39, 0.29) is 5.91 Å². The van der Waals surface area contributed by atoms with Crippen molar-refractivity contribution >= 4 is 11.6 Å². The zero-order chi connectivity index (χ0) is 10.4. The molecule has 1 aromatic rings. The molecule has 0 aromatic heterocycles. The molecule has 0 radical (unpaired) electrons. The number of benzene rings is 1. The molecule has 0 bridgehead atoms. The fraction of sp³-hybridized carbons (Fsp3) is 0.364. The third kappa shape index (κ3) is 3.58. The Balaban J connectivity index is 2.54. The fourth-order valence-electron chi connectivity index (χ4n) is 1.23. The summed E-state index contributed by atoms with van der Waals surface area (Å²) in [6.07, 6.45) is 1.01. The average Bonchev–Trinajstić information content (AvgIpc) is 2.16. The molecule has 0 heterocycles. The fourth-order valence-corrected chi connectivity index (χ4v) is 1.23. The molecule has 0 atom stereocenters. The molecule has 0 saturated heterocycles. The van der Waals surface area contributed by atoms with E-state index in [1.807, 2.05) is 31.3 Å². The van der Waals surface area contributed by atoms with Crippen LogP contribution in [0, 0.1) is 0 Å². The number of anilines is 1. The highest BCUT2D eigenvalue weighted by Crippen LogP contribution is 2.09. The first-order chi connectivity index (χ1) is 6.72. The Labute approximate surface area is 84.5 Å². The van der Waals surface area contributed by atoms with Crippen LogP contribution in [-0.4, -0.2) is 19.5 Å². The normalized spacial score (nSPS) is 9.86. The topological polar surface area (TPSA) is 41.1 Å². The number of nitrogens with one attached hydrogen (secondary N) is 2. The van der Waals surface area contributed by atoms with Crippen molar-refractivity contribution in [2.24, 2.45) is 0 Å². The van der Waals surface area contributed by atoms with Crippen LogP contribution in [0.25, 0.3) is 0 Å². The van der Waals surface area contributed by atoms with Gasteiger partial charge in [0.2, 0.25) is 5.91 Å². The first kappa shape index (κ1) is 10.7. The molecule has 0 spiro atoms. The molecule has 0 aliphatic carbocycles. The minimum absolute atomic E-state index is 0.0343. The largest absolute Gasteiger partial charge is 0.326 e. The average molecular weight is 192 g/mol.